The second kappa shape index (κ2) is 16.1. The Morgan fingerprint density at radius 3 is 1.74 bits per heavy atom. The number of allylic oxidation sites excluding steroid dienone is 1. The molecule has 1 aliphatic rings. The molecule has 0 saturated heterocycles. The van der Waals surface area contributed by atoms with E-state index in [2.05, 4.69) is 43.8 Å². The van der Waals surface area contributed by atoms with Gasteiger partial charge in [0.15, 0.2) is 0 Å². The van der Waals surface area contributed by atoms with Crippen LogP contribution in [-0.2, 0) is 21.3 Å². The molecule has 0 spiro atoms. The Hall–Kier alpha value is -4.72. The van der Waals surface area contributed by atoms with Crippen molar-refractivity contribution in [2.75, 3.05) is 20.8 Å². The molecule has 1 aromatic heterocycles. The Bertz CT molecular complexity index is 1580. The number of aliphatic imine (C=N–C) groups is 1. The molecule has 2 heterocycles. The number of carbonyl (C=O) groups is 2. The van der Waals surface area contributed by atoms with Crippen LogP contribution in [0.2, 0.25) is 0 Å². The van der Waals surface area contributed by atoms with Crippen molar-refractivity contribution in [2.45, 2.75) is 39.6 Å². The summed E-state index contributed by atoms with van der Waals surface area (Å²) in [5, 5.41) is 26.0. The minimum Gasteiger partial charge on any atom is -0.465 e. The Morgan fingerprint density at radius 2 is 1.40 bits per heavy atom. The van der Waals surface area contributed by atoms with Gasteiger partial charge in [0.1, 0.15) is 0 Å². The molecule has 43 heavy (non-hydrogen) atoms. The second-order valence-electron chi connectivity index (χ2n) is 9.35. The molecule has 0 atom stereocenters. The van der Waals surface area contributed by atoms with Crippen molar-refractivity contribution in [3.05, 3.63) is 108 Å². The molecule has 1 aliphatic heterocycles. The SMILES string of the molecule is CC1=CC(C)=NC1.COC(=O)c1ccc([N+](=O)[O-])cc1CBr.COC(=O)c1ccc([N+](=O)[O-])cc1Cn1nc(C)cc1C. The summed E-state index contributed by atoms with van der Waals surface area (Å²) >= 11 is 3.16. The van der Waals surface area contributed by atoms with Gasteiger partial charge in [-0.2, -0.15) is 5.10 Å². The van der Waals surface area contributed by atoms with Crippen molar-refractivity contribution >= 4 is 45.0 Å². The predicted octanol–water partition coefficient (Wildman–Crippen LogP) is 5.93. The molecule has 0 bridgehead atoms. The van der Waals surface area contributed by atoms with Gasteiger partial charge in [0, 0.05) is 41.0 Å². The normalized spacial score (nSPS) is 11.6. The maximum absolute atomic E-state index is 11.8. The summed E-state index contributed by atoms with van der Waals surface area (Å²) in [5.74, 6) is -1.03. The number of nitro groups is 2. The number of aromatic nitrogens is 2. The third-order valence-corrected chi connectivity index (χ3v) is 6.61. The van der Waals surface area contributed by atoms with E-state index in [-0.39, 0.29) is 17.9 Å². The molecule has 4 rings (SSSR count). The highest BCUT2D eigenvalue weighted by Crippen LogP contribution is 2.22. The van der Waals surface area contributed by atoms with Gasteiger partial charge in [-0.15, -0.1) is 0 Å². The lowest BCUT2D eigenvalue weighted by Gasteiger charge is -2.09. The number of benzene rings is 2. The van der Waals surface area contributed by atoms with Crippen LogP contribution in [0.5, 0.6) is 0 Å². The van der Waals surface area contributed by atoms with Crippen LogP contribution >= 0.6 is 15.9 Å². The first-order chi connectivity index (χ1) is 20.3. The molecule has 0 fully saturated rings. The lowest BCUT2D eigenvalue weighted by Crippen LogP contribution is -2.11. The van der Waals surface area contributed by atoms with Gasteiger partial charge in [-0.3, -0.25) is 29.9 Å². The van der Waals surface area contributed by atoms with Crippen LogP contribution in [0.3, 0.4) is 0 Å². The number of methoxy groups -OCH3 is 2. The summed E-state index contributed by atoms with van der Waals surface area (Å²) in [6.45, 7) is 9.06. The number of non-ortho nitro benzene ring substituents is 2. The van der Waals surface area contributed by atoms with Crippen molar-refractivity contribution in [3.8, 4) is 0 Å². The van der Waals surface area contributed by atoms with Gasteiger partial charge in [0.25, 0.3) is 11.4 Å². The van der Waals surface area contributed by atoms with E-state index in [9.17, 15) is 29.8 Å². The van der Waals surface area contributed by atoms with E-state index in [1.807, 2.05) is 26.8 Å². The number of esters is 2. The number of nitrogens with zero attached hydrogens (tertiary/aromatic N) is 5. The number of hydrogen-bond donors (Lipinski definition) is 0. The van der Waals surface area contributed by atoms with E-state index in [0.717, 1.165) is 23.6 Å². The molecule has 2 aromatic carbocycles. The molecule has 0 unspecified atom stereocenters. The minimum atomic E-state index is -0.526. The largest absolute Gasteiger partial charge is 0.465 e. The van der Waals surface area contributed by atoms with Crippen LogP contribution in [0.15, 0.2) is 59.1 Å². The molecule has 0 saturated carbocycles. The quantitative estimate of drug-likeness (QED) is 0.129. The molecule has 0 radical (unpaired) electrons. The van der Waals surface area contributed by atoms with Gasteiger partial charge in [-0.1, -0.05) is 21.5 Å². The highest BCUT2D eigenvalue weighted by molar-refractivity contribution is 9.08. The van der Waals surface area contributed by atoms with Crippen LogP contribution in [0.4, 0.5) is 11.4 Å². The maximum atomic E-state index is 11.8. The number of carbonyl (C=O) groups excluding carboxylic acids is 2. The third-order valence-electron chi connectivity index (χ3n) is 6.01. The fourth-order valence-electron chi connectivity index (χ4n) is 3.94. The average molecular weight is 659 g/mol. The van der Waals surface area contributed by atoms with Crippen LogP contribution in [0.25, 0.3) is 0 Å². The van der Waals surface area contributed by atoms with E-state index in [1.165, 1.54) is 56.2 Å². The molecule has 13 nitrogen and oxygen atoms in total. The summed E-state index contributed by atoms with van der Waals surface area (Å²) in [5.41, 5.74) is 5.85. The summed E-state index contributed by atoms with van der Waals surface area (Å²) in [7, 11) is 2.54. The number of ether oxygens (including phenoxy) is 2. The van der Waals surface area contributed by atoms with Gasteiger partial charge < -0.3 is 9.47 Å². The van der Waals surface area contributed by atoms with Crippen molar-refractivity contribution in [1.82, 2.24) is 9.78 Å². The number of halogens is 1. The van der Waals surface area contributed by atoms with Gasteiger partial charge in [0.2, 0.25) is 0 Å². The molecule has 14 heteroatoms. The third kappa shape index (κ3) is 9.95. The smallest absolute Gasteiger partial charge is 0.338 e. The molecule has 0 N–H and O–H groups in total. The number of aryl methyl sites for hydroxylation is 2. The number of rotatable bonds is 7. The maximum Gasteiger partial charge on any atom is 0.338 e. The van der Waals surface area contributed by atoms with Crippen molar-refractivity contribution in [2.24, 2.45) is 4.99 Å². The van der Waals surface area contributed by atoms with E-state index in [4.69, 9.17) is 4.74 Å². The lowest BCUT2D eigenvalue weighted by molar-refractivity contribution is -0.385. The zero-order valence-electron chi connectivity index (χ0n) is 24.6. The van der Waals surface area contributed by atoms with E-state index in [1.54, 1.807) is 4.68 Å². The molecular weight excluding hydrogens is 626 g/mol. The summed E-state index contributed by atoms with van der Waals surface area (Å²) in [6, 6.07) is 9.99. The number of nitro benzene ring substituents is 2. The predicted molar refractivity (Wildman–Crippen MR) is 164 cm³/mol. The highest BCUT2D eigenvalue weighted by atomic mass is 79.9. The van der Waals surface area contributed by atoms with Crippen molar-refractivity contribution < 1.29 is 28.9 Å². The number of hydrogen-bond acceptors (Lipinski definition) is 10. The summed E-state index contributed by atoms with van der Waals surface area (Å²) < 4.78 is 11.0. The van der Waals surface area contributed by atoms with E-state index < -0.39 is 21.8 Å². The van der Waals surface area contributed by atoms with Gasteiger partial charge >= 0.3 is 11.9 Å². The molecule has 228 valence electrons. The fourth-order valence-corrected chi connectivity index (χ4v) is 4.40. The zero-order chi connectivity index (χ0) is 32.3. The average Bonchev–Trinajstić information content (AvgIpc) is 3.52. The minimum absolute atomic E-state index is 0.0443. The Labute approximate surface area is 256 Å². The number of alkyl halides is 1. The van der Waals surface area contributed by atoms with Crippen molar-refractivity contribution in [3.63, 3.8) is 0 Å². The van der Waals surface area contributed by atoms with Gasteiger partial charge in [-0.25, -0.2) is 9.59 Å². The monoisotopic (exact) mass is 657 g/mol. The first-order valence-electron chi connectivity index (χ1n) is 12.8. The van der Waals surface area contributed by atoms with Crippen LogP contribution in [0.1, 0.15) is 57.1 Å². The van der Waals surface area contributed by atoms with Gasteiger partial charge in [-0.05, 0) is 63.1 Å². The van der Waals surface area contributed by atoms with E-state index >= 15 is 0 Å². The van der Waals surface area contributed by atoms with Crippen molar-refractivity contribution in [1.29, 1.82) is 0 Å². The summed E-state index contributed by atoms with van der Waals surface area (Å²) in [6.07, 6.45) is 2.11. The molecule has 3 aromatic rings. The van der Waals surface area contributed by atoms with Crippen LogP contribution < -0.4 is 0 Å². The lowest BCUT2D eigenvalue weighted by atomic mass is 10.1. The summed E-state index contributed by atoms with van der Waals surface area (Å²) in [4.78, 5) is 47.6. The van der Waals surface area contributed by atoms with Gasteiger partial charge in [0.05, 0.1) is 54.0 Å². The molecule has 0 amide bonds. The zero-order valence-corrected chi connectivity index (χ0v) is 26.2. The molecule has 0 aliphatic carbocycles. The standard InChI is InChI=1S/C14H15N3O4.C9H8BrNO4.C6H9N/c1-9-6-10(2)16(15-9)8-11-7-12(17(19)20)4-5-13(11)14(18)21-3;1-15-9(12)8-3-2-7(11(13)14)4-6(8)5-10;1-5-3-6(2)7-4-5/h4-7H,8H2,1-3H3;2-4H,5H2,1H3;3H,4H2,1-2H3. The Morgan fingerprint density at radius 1 is 0.884 bits per heavy atom. The second-order valence-corrected chi connectivity index (χ2v) is 9.91. The highest BCUT2D eigenvalue weighted by Gasteiger charge is 2.18. The topological polar surface area (TPSA) is 169 Å². The van der Waals surface area contributed by atoms with Crippen LogP contribution in [-0.4, -0.2) is 58.0 Å². The first-order valence-corrected chi connectivity index (χ1v) is 13.9. The molecular formula is C29H32BrN5O8. The van der Waals surface area contributed by atoms with Crippen LogP contribution in [0, 0.1) is 34.1 Å². The Balaban J connectivity index is 0.000000254. The Kier molecular flexibility index (Phi) is 12.9. The first kappa shape index (κ1) is 34.5. The van der Waals surface area contributed by atoms with E-state index in [0.29, 0.717) is 27.6 Å². The fraction of sp³-hybridized carbons (Fsp3) is 0.310.